The first kappa shape index (κ1) is 15.1. The first-order chi connectivity index (χ1) is 9.92. The molecule has 21 heavy (non-hydrogen) atoms. The number of nitrogen functional groups attached to an aromatic ring is 1. The van der Waals surface area contributed by atoms with Crippen molar-refractivity contribution >= 4 is 11.4 Å². The third-order valence-corrected chi connectivity index (χ3v) is 3.30. The highest BCUT2D eigenvalue weighted by atomic mass is 19.1. The summed E-state index contributed by atoms with van der Waals surface area (Å²) in [5, 5.41) is 2.97. The molecule has 5 heteroatoms. The number of hydrogen-bond donors (Lipinski definition) is 2. The van der Waals surface area contributed by atoms with E-state index in [0.717, 1.165) is 5.56 Å². The monoisotopic (exact) mass is 292 g/mol. The van der Waals surface area contributed by atoms with Crippen LogP contribution in [0.4, 0.5) is 20.2 Å². The Morgan fingerprint density at radius 1 is 1.10 bits per heavy atom. The zero-order valence-corrected chi connectivity index (χ0v) is 12.3. The number of halogens is 2. The molecule has 2 rings (SSSR count). The lowest BCUT2D eigenvalue weighted by Gasteiger charge is -2.12. The summed E-state index contributed by atoms with van der Waals surface area (Å²) in [5.74, 6) is -0.256. The molecule has 0 aliphatic heterocycles. The predicted molar refractivity (Wildman–Crippen MR) is 80.6 cm³/mol. The molecule has 0 aliphatic carbocycles. The molecular weight excluding hydrogens is 274 g/mol. The maximum Gasteiger partial charge on any atom is 0.148 e. The molecule has 2 aromatic rings. The minimum atomic E-state index is -0.455. The smallest absolute Gasteiger partial charge is 0.148 e. The third-order valence-electron chi connectivity index (χ3n) is 3.30. The Hall–Kier alpha value is -2.30. The molecule has 0 spiro atoms. The molecule has 2 aromatic carbocycles. The van der Waals surface area contributed by atoms with Crippen LogP contribution in [0.3, 0.4) is 0 Å². The van der Waals surface area contributed by atoms with Crippen LogP contribution in [0.15, 0.2) is 24.3 Å². The maximum absolute atomic E-state index is 13.8. The second-order valence-corrected chi connectivity index (χ2v) is 4.97. The van der Waals surface area contributed by atoms with Crippen molar-refractivity contribution in [2.24, 2.45) is 0 Å². The van der Waals surface area contributed by atoms with Crippen molar-refractivity contribution in [3.05, 3.63) is 52.6 Å². The molecular formula is C16H18F2N2O. The van der Waals surface area contributed by atoms with Gasteiger partial charge in [0.15, 0.2) is 0 Å². The van der Waals surface area contributed by atoms with Crippen LogP contribution >= 0.6 is 0 Å². The Labute approximate surface area is 122 Å². The zero-order valence-electron chi connectivity index (χ0n) is 12.3. The number of anilines is 2. The predicted octanol–water partition coefficient (Wildman–Crippen LogP) is 3.78. The van der Waals surface area contributed by atoms with Crippen LogP contribution in [0.25, 0.3) is 0 Å². The minimum absolute atomic E-state index is 0.209. The number of rotatable bonds is 4. The van der Waals surface area contributed by atoms with Crippen LogP contribution in [-0.4, -0.2) is 7.11 Å². The lowest BCUT2D eigenvalue weighted by Crippen LogP contribution is -2.04. The summed E-state index contributed by atoms with van der Waals surface area (Å²) in [6.45, 7) is 3.79. The van der Waals surface area contributed by atoms with Crippen LogP contribution in [0, 0.1) is 25.5 Å². The van der Waals surface area contributed by atoms with E-state index >= 15 is 0 Å². The summed E-state index contributed by atoms with van der Waals surface area (Å²) in [7, 11) is 1.47. The Kier molecular flexibility index (Phi) is 4.31. The number of ether oxygens (including phenoxy) is 1. The Bertz CT molecular complexity index is 649. The summed E-state index contributed by atoms with van der Waals surface area (Å²) in [5.41, 5.74) is 8.19. The highest BCUT2D eigenvalue weighted by Crippen LogP contribution is 2.28. The summed E-state index contributed by atoms with van der Waals surface area (Å²) in [6.07, 6.45) is 0. The van der Waals surface area contributed by atoms with E-state index in [1.54, 1.807) is 26.0 Å². The molecule has 0 unspecified atom stereocenters. The van der Waals surface area contributed by atoms with E-state index in [4.69, 9.17) is 10.5 Å². The quantitative estimate of drug-likeness (QED) is 0.843. The number of nitrogens with one attached hydrogen (secondary N) is 1. The van der Waals surface area contributed by atoms with E-state index in [1.807, 2.05) is 0 Å². The van der Waals surface area contributed by atoms with Gasteiger partial charge in [0, 0.05) is 18.7 Å². The van der Waals surface area contributed by atoms with Gasteiger partial charge in [0.25, 0.3) is 0 Å². The van der Waals surface area contributed by atoms with Gasteiger partial charge in [-0.25, -0.2) is 8.78 Å². The fourth-order valence-corrected chi connectivity index (χ4v) is 2.22. The molecule has 3 nitrogen and oxygen atoms in total. The van der Waals surface area contributed by atoms with Crippen molar-refractivity contribution in [1.29, 1.82) is 0 Å². The largest absolute Gasteiger partial charge is 0.495 e. The van der Waals surface area contributed by atoms with Gasteiger partial charge in [0.2, 0.25) is 0 Å². The molecule has 0 saturated carbocycles. The van der Waals surface area contributed by atoms with Crippen molar-refractivity contribution in [1.82, 2.24) is 0 Å². The number of nitrogens with two attached hydrogens (primary N) is 1. The Morgan fingerprint density at radius 2 is 1.71 bits per heavy atom. The molecule has 112 valence electrons. The summed E-state index contributed by atoms with van der Waals surface area (Å²) < 4.78 is 32.5. The van der Waals surface area contributed by atoms with Crippen molar-refractivity contribution in [2.75, 3.05) is 18.2 Å². The fourth-order valence-electron chi connectivity index (χ4n) is 2.22. The lowest BCUT2D eigenvalue weighted by molar-refractivity contribution is 0.416. The molecule has 0 aromatic heterocycles. The Morgan fingerprint density at radius 3 is 2.29 bits per heavy atom. The molecule has 0 radical (unpaired) electrons. The van der Waals surface area contributed by atoms with E-state index in [-0.39, 0.29) is 11.5 Å². The van der Waals surface area contributed by atoms with Crippen LogP contribution in [0.2, 0.25) is 0 Å². The molecule has 0 bridgehead atoms. The molecule has 3 N–H and O–H groups in total. The van der Waals surface area contributed by atoms with E-state index in [2.05, 4.69) is 5.32 Å². The van der Waals surface area contributed by atoms with Crippen molar-refractivity contribution in [3.63, 3.8) is 0 Å². The van der Waals surface area contributed by atoms with Gasteiger partial charge in [-0.3, -0.25) is 0 Å². The van der Waals surface area contributed by atoms with Gasteiger partial charge in [0.1, 0.15) is 17.4 Å². The van der Waals surface area contributed by atoms with E-state index in [1.165, 1.54) is 19.2 Å². The number of methoxy groups -OCH3 is 1. The van der Waals surface area contributed by atoms with Gasteiger partial charge in [-0.15, -0.1) is 0 Å². The minimum Gasteiger partial charge on any atom is -0.495 e. The molecule has 0 fully saturated rings. The highest BCUT2D eigenvalue weighted by Gasteiger charge is 2.09. The zero-order chi connectivity index (χ0) is 15.6. The first-order valence-electron chi connectivity index (χ1n) is 6.55. The fraction of sp³-hybridized carbons (Fsp3) is 0.250. The lowest BCUT2D eigenvalue weighted by atomic mass is 10.1. The molecule has 0 heterocycles. The van der Waals surface area contributed by atoms with E-state index < -0.39 is 5.82 Å². The molecule has 0 aliphatic rings. The van der Waals surface area contributed by atoms with Gasteiger partial charge in [-0.1, -0.05) is 12.1 Å². The van der Waals surface area contributed by atoms with Crippen molar-refractivity contribution < 1.29 is 13.5 Å². The number of hydrogen-bond acceptors (Lipinski definition) is 3. The average molecular weight is 292 g/mol. The summed E-state index contributed by atoms with van der Waals surface area (Å²) >= 11 is 0. The summed E-state index contributed by atoms with van der Waals surface area (Å²) in [6, 6.07) is 6.19. The van der Waals surface area contributed by atoms with Gasteiger partial charge < -0.3 is 15.8 Å². The van der Waals surface area contributed by atoms with Crippen molar-refractivity contribution in [2.45, 2.75) is 20.4 Å². The van der Waals surface area contributed by atoms with E-state index in [9.17, 15) is 8.78 Å². The molecule has 0 atom stereocenters. The van der Waals surface area contributed by atoms with Gasteiger partial charge in [-0.2, -0.15) is 0 Å². The number of aryl methyl sites for hydroxylation is 2. The maximum atomic E-state index is 13.8. The first-order valence-corrected chi connectivity index (χ1v) is 6.55. The molecule has 0 amide bonds. The third kappa shape index (κ3) is 3.24. The van der Waals surface area contributed by atoms with Gasteiger partial charge in [-0.05, 0) is 30.5 Å². The Balaban J connectivity index is 2.20. The SMILES string of the molecule is COc1cc(NCc2cc(C)c(F)c(C)c2)c(F)cc1N. The average Bonchev–Trinajstić information content (AvgIpc) is 2.43. The molecule has 0 saturated heterocycles. The highest BCUT2D eigenvalue weighted by molar-refractivity contribution is 5.62. The normalized spacial score (nSPS) is 10.5. The standard InChI is InChI=1S/C16H18F2N2O/c1-9-4-11(5-10(2)16(9)18)8-20-14-7-15(21-3)13(19)6-12(14)17/h4-7,20H,8,19H2,1-3H3. The summed E-state index contributed by atoms with van der Waals surface area (Å²) in [4.78, 5) is 0. The second-order valence-electron chi connectivity index (χ2n) is 4.97. The van der Waals surface area contributed by atoms with Gasteiger partial charge in [0.05, 0.1) is 18.5 Å². The van der Waals surface area contributed by atoms with Gasteiger partial charge >= 0.3 is 0 Å². The topological polar surface area (TPSA) is 47.3 Å². The van der Waals surface area contributed by atoms with Crippen LogP contribution in [-0.2, 0) is 6.54 Å². The van der Waals surface area contributed by atoms with Crippen molar-refractivity contribution in [3.8, 4) is 5.75 Å². The second kappa shape index (κ2) is 5.99. The van der Waals surface area contributed by atoms with Crippen LogP contribution in [0.1, 0.15) is 16.7 Å². The number of benzene rings is 2. The van der Waals surface area contributed by atoms with Crippen LogP contribution in [0.5, 0.6) is 5.75 Å². The van der Waals surface area contributed by atoms with Crippen LogP contribution < -0.4 is 15.8 Å². The van der Waals surface area contributed by atoms with E-state index in [0.29, 0.717) is 29.1 Å².